The number of thiazole rings is 1. The molecule has 1 unspecified atom stereocenters. The van der Waals surface area contributed by atoms with E-state index in [1.165, 1.54) is 50.5 Å². The third-order valence-electron chi connectivity index (χ3n) is 6.72. The molecule has 0 bridgehead atoms. The molecule has 37 heavy (non-hydrogen) atoms. The second-order valence-electron chi connectivity index (χ2n) is 11.6. The Hall–Kier alpha value is -2.47. The van der Waals surface area contributed by atoms with Crippen LogP contribution in [0.4, 0.5) is 10.8 Å². The number of nitrogens with one attached hydrogen (secondary N) is 2. The molecule has 0 spiro atoms. The van der Waals surface area contributed by atoms with Crippen molar-refractivity contribution in [1.29, 1.82) is 5.53 Å². The maximum atomic E-state index is 7.77. The SMILES string of the molecule is CCCCCCCCNc1sc2cc(N=N)c(OCCC(C)CC(C)(C)C)cc2[n+]1Cc1ccccc1. The lowest BCUT2D eigenvalue weighted by Crippen LogP contribution is -2.36. The summed E-state index contributed by atoms with van der Waals surface area (Å²) in [4.78, 5) is 0. The number of fused-ring (bicyclic) bond motifs is 1. The number of rotatable bonds is 16. The first-order valence-corrected chi connectivity index (χ1v) is 14.9. The Balaban J connectivity index is 1.79. The molecule has 1 heterocycles. The molecule has 2 N–H and O–H groups in total. The van der Waals surface area contributed by atoms with E-state index in [2.05, 4.69) is 86.0 Å². The molecular weight excluding hydrogens is 476 g/mol. The van der Waals surface area contributed by atoms with Crippen LogP contribution in [0, 0.1) is 16.9 Å². The largest absolute Gasteiger partial charge is 0.491 e. The van der Waals surface area contributed by atoms with Gasteiger partial charge < -0.3 is 4.74 Å². The van der Waals surface area contributed by atoms with Crippen LogP contribution < -0.4 is 14.6 Å². The minimum Gasteiger partial charge on any atom is -0.491 e. The smallest absolute Gasteiger partial charge is 0.335 e. The summed E-state index contributed by atoms with van der Waals surface area (Å²) < 4.78 is 9.72. The molecule has 2 aromatic carbocycles. The number of benzene rings is 2. The van der Waals surface area contributed by atoms with Crippen LogP contribution in [-0.2, 0) is 6.54 Å². The molecule has 0 saturated carbocycles. The van der Waals surface area contributed by atoms with Gasteiger partial charge in [-0.1, -0.05) is 90.6 Å². The third kappa shape index (κ3) is 9.41. The summed E-state index contributed by atoms with van der Waals surface area (Å²) in [5.74, 6) is 1.29. The van der Waals surface area contributed by atoms with Gasteiger partial charge in [-0.2, -0.15) is 5.11 Å². The number of unbranched alkanes of at least 4 members (excludes halogenated alkanes) is 5. The Morgan fingerprint density at radius 3 is 2.49 bits per heavy atom. The molecule has 0 fully saturated rings. The highest BCUT2D eigenvalue weighted by molar-refractivity contribution is 7.21. The highest BCUT2D eigenvalue weighted by Crippen LogP contribution is 2.36. The van der Waals surface area contributed by atoms with Gasteiger partial charge in [-0.15, -0.1) is 0 Å². The predicted octanol–water partition coefficient (Wildman–Crippen LogP) is 9.51. The highest BCUT2D eigenvalue weighted by atomic mass is 32.1. The first-order valence-electron chi connectivity index (χ1n) is 14.1. The van der Waals surface area contributed by atoms with Crippen molar-refractivity contribution in [2.75, 3.05) is 18.5 Å². The zero-order valence-electron chi connectivity index (χ0n) is 23.6. The van der Waals surface area contributed by atoms with E-state index in [9.17, 15) is 0 Å². The third-order valence-corrected chi connectivity index (χ3v) is 7.83. The van der Waals surface area contributed by atoms with E-state index in [1.807, 2.05) is 6.07 Å². The number of nitrogens with zero attached hydrogens (tertiary/aromatic N) is 2. The van der Waals surface area contributed by atoms with E-state index in [-0.39, 0.29) is 0 Å². The molecule has 202 valence electrons. The molecule has 5 nitrogen and oxygen atoms in total. The van der Waals surface area contributed by atoms with Crippen molar-refractivity contribution in [2.24, 2.45) is 16.4 Å². The summed E-state index contributed by atoms with van der Waals surface area (Å²) in [5, 5.41) is 8.68. The molecule has 0 saturated heterocycles. The summed E-state index contributed by atoms with van der Waals surface area (Å²) in [6, 6.07) is 14.7. The zero-order chi connectivity index (χ0) is 26.7. The van der Waals surface area contributed by atoms with Crippen molar-refractivity contribution >= 4 is 32.4 Å². The monoisotopic (exact) mass is 523 g/mol. The van der Waals surface area contributed by atoms with Crippen LogP contribution in [0.25, 0.3) is 10.2 Å². The molecule has 0 aliphatic heterocycles. The Bertz CT molecular complexity index is 1100. The molecule has 6 heteroatoms. The van der Waals surface area contributed by atoms with Gasteiger partial charge in [0.25, 0.3) is 0 Å². The number of anilines is 1. The van der Waals surface area contributed by atoms with E-state index in [4.69, 9.17) is 10.3 Å². The molecule has 1 atom stereocenters. The Morgan fingerprint density at radius 1 is 1.05 bits per heavy atom. The number of hydrogen-bond acceptors (Lipinski definition) is 5. The van der Waals surface area contributed by atoms with E-state index in [1.54, 1.807) is 11.3 Å². The van der Waals surface area contributed by atoms with Gasteiger partial charge in [-0.25, -0.2) is 10.1 Å². The summed E-state index contributed by atoms with van der Waals surface area (Å²) in [6.07, 6.45) is 9.88. The second kappa shape index (κ2) is 14.5. The molecule has 0 aliphatic rings. The van der Waals surface area contributed by atoms with Crippen LogP contribution in [0.2, 0.25) is 0 Å². The topological polar surface area (TPSA) is 61.4 Å². The molecule has 0 aliphatic carbocycles. The van der Waals surface area contributed by atoms with Crippen LogP contribution in [0.5, 0.6) is 5.75 Å². The van der Waals surface area contributed by atoms with E-state index in [0.717, 1.165) is 34.9 Å². The average molecular weight is 524 g/mol. The van der Waals surface area contributed by atoms with Gasteiger partial charge in [0.2, 0.25) is 0 Å². The lowest BCUT2D eigenvalue weighted by molar-refractivity contribution is -0.644. The molecule has 3 rings (SSSR count). The van der Waals surface area contributed by atoms with Crippen LogP contribution in [-0.4, -0.2) is 13.2 Å². The first-order chi connectivity index (χ1) is 17.8. The fraction of sp³-hybridized carbons (Fsp3) is 0.581. The lowest BCUT2D eigenvalue weighted by atomic mass is 9.84. The van der Waals surface area contributed by atoms with Crippen LogP contribution in [0.3, 0.4) is 0 Å². The summed E-state index contributed by atoms with van der Waals surface area (Å²) in [5.41, 5.74) is 11.1. The maximum Gasteiger partial charge on any atom is 0.335 e. The average Bonchev–Trinajstić information content (AvgIpc) is 3.18. The van der Waals surface area contributed by atoms with Gasteiger partial charge in [0.05, 0.1) is 17.9 Å². The predicted molar refractivity (Wildman–Crippen MR) is 158 cm³/mol. The van der Waals surface area contributed by atoms with Crippen molar-refractivity contribution in [3.8, 4) is 5.75 Å². The molecular formula is C31H47N4OS+. The van der Waals surface area contributed by atoms with E-state index >= 15 is 0 Å². The van der Waals surface area contributed by atoms with Crippen LogP contribution in [0.15, 0.2) is 47.6 Å². The van der Waals surface area contributed by atoms with Crippen molar-refractivity contribution < 1.29 is 9.30 Å². The van der Waals surface area contributed by atoms with Gasteiger partial charge in [0, 0.05) is 6.07 Å². The lowest BCUT2D eigenvalue weighted by Gasteiger charge is -2.23. The quantitative estimate of drug-likeness (QED) is 0.112. The van der Waals surface area contributed by atoms with Crippen molar-refractivity contribution in [1.82, 2.24) is 0 Å². The molecule has 0 amide bonds. The second-order valence-corrected chi connectivity index (χ2v) is 12.6. The normalized spacial score (nSPS) is 12.6. The Kier molecular flexibility index (Phi) is 11.4. The van der Waals surface area contributed by atoms with Gasteiger partial charge in [-0.3, -0.25) is 5.32 Å². The zero-order valence-corrected chi connectivity index (χ0v) is 24.4. The number of hydrogen-bond donors (Lipinski definition) is 2. The first kappa shape index (κ1) is 29.1. The minimum absolute atomic E-state index is 0.318. The van der Waals surface area contributed by atoms with Crippen LogP contribution in [0.1, 0.15) is 91.5 Å². The van der Waals surface area contributed by atoms with Crippen molar-refractivity contribution in [2.45, 2.75) is 92.5 Å². The van der Waals surface area contributed by atoms with E-state index in [0.29, 0.717) is 29.4 Å². The molecule has 1 aromatic heterocycles. The van der Waals surface area contributed by atoms with Gasteiger partial charge in [0.1, 0.15) is 17.7 Å². The minimum atomic E-state index is 0.318. The van der Waals surface area contributed by atoms with Crippen molar-refractivity contribution in [3.63, 3.8) is 0 Å². The summed E-state index contributed by atoms with van der Waals surface area (Å²) in [6.45, 7) is 13.8. The van der Waals surface area contributed by atoms with Crippen LogP contribution >= 0.6 is 11.3 Å². The number of aromatic nitrogens is 1. The maximum absolute atomic E-state index is 7.77. The van der Waals surface area contributed by atoms with Crippen molar-refractivity contribution in [3.05, 3.63) is 48.0 Å². The fourth-order valence-corrected chi connectivity index (χ4v) is 6.08. The summed E-state index contributed by atoms with van der Waals surface area (Å²) >= 11 is 1.74. The standard InChI is InChI=1S/C31H46N4OS/c1-6-7-8-9-10-14-18-33-30-35(23-25-15-12-11-13-16-25)27-21-28(26(34-32)20-29(27)37-30)36-19-17-24(2)22-31(3,4)5/h11-13,15-16,20-21,24,32H,6-10,14,17-19,22-23H2,1-5H3/p+1. The van der Waals surface area contributed by atoms with Gasteiger partial charge in [-0.05, 0) is 60.0 Å². The Labute approximate surface area is 228 Å². The molecule has 3 aromatic rings. The number of ether oxygens (including phenoxy) is 1. The fourth-order valence-electron chi connectivity index (χ4n) is 4.98. The van der Waals surface area contributed by atoms with E-state index < -0.39 is 0 Å². The molecule has 0 radical (unpaired) electrons. The highest BCUT2D eigenvalue weighted by Gasteiger charge is 2.22. The Morgan fingerprint density at radius 2 is 1.78 bits per heavy atom. The van der Waals surface area contributed by atoms with Gasteiger partial charge in [0.15, 0.2) is 5.75 Å². The van der Waals surface area contributed by atoms with Gasteiger partial charge >= 0.3 is 5.13 Å². The summed E-state index contributed by atoms with van der Waals surface area (Å²) in [7, 11) is 0.